The van der Waals surface area contributed by atoms with E-state index >= 15 is 0 Å². The van der Waals surface area contributed by atoms with Gasteiger partial charge in [-0.15, -0.1) is 11.3 Å². The molecule has 4 heteroatoms. The highest BCUT2D eigenvalue weighted by Crippen LogP contribution is 2.32. The topological polar surface area (TPSA) is 43.1 Å². The number of nitrogens with two attached hydrogens (primary N) is 1. The SMILES string of the molecule is CCc1c(C)sc(N)c1C(=O)c1ccc(Cl)cc1. The van der Waals surface area contributed by atoms with E-state index < -0.39 is 0 Å². The van der Waals surface area contributed by atoms with Gasteiger partial charge in [-0.05, 0) is 43.2 Å². The number of carbonyl (C=O) groups excluding carboxylic acids is 1. The molecule has 0 atom stereocenters. The first-order chi connectivity index (χ1) is 8.54. The van der Waals surface area contributed by atoms with Gasteiger partial charge in [-0.3, -0.25) is 4.79 Å². The molecule has 0 radical (unpaired) electrons. The summed E-state index contributed by atoms with van der Waals surface area (Å²) < 4.78 is 0. The maximum absolute atomic E-state index is 12.5. The molecule has 0 fully saturated rings. The second kappa shape index (κ2) is 5.12. The first-order valence-electron chi connectivity index (χ1n) is 5.72. The van der Waals surface area contributed by atoms with Crippen molar-refractivity contribution in [2.75, 3.05) is 5.73 Å². The van der Waals surface area contributed by atoms with Crippen LogP contribution in [-0.4, -0.2) is 5.78 Å². The predicted octanol–water partition coefficient (Wildman–Crippen LogP) is 4.09. The Kier molecular flexibility index (Phi) is 3.73. The average Bonchev–Trinajstić information content (AvgIpc) is 2.63. The summed E-state index contributed by atoms with van der Waals surface area (Å²) >= 11 is 7.30. The summed E-state index contributed by atoms with van der Waals surface area (Å²) in [5, 5.41) is 1.22. The maximum atomic E-state index is 12.5. The Bertz CT molecular complexity index is 587. The lowest BCUT2D eigenvalue weighted by atomic mass is 9.99. The van der Waals surface area contributed by atoms with E-state index in [1.807, 2.05) is 13.8 Å². The van der Waals surface area contributed by atoms with Crippen LogP contribution in [0.3, 0.4) is 0 Å². The van der Waals surface area contributed by atoms with Crippen LogP contribution in [-0.2, 0) is 6.42 Å². The molecule has 0 spiro atoms. The number of hydrogen-bond acceptors (Lipinski definition) is 3. The number of carbonyl (C=O) groups is 1. The highest BCUT2D eigenvalue weighted by molar-refractivity contribution is 7.16. The van der Waals surface area contributed by atoms with Crippen LogP contribution in [0.25, 0.3) is 0 Å². The standard InChI is InChI=1S/C14H14ClNOS/c1-3-11-8(2)18-14(16)12(11)13(17)9-4-6-10(15)7-5-9/h4-7H,3,16H2,1-2H3. The van der Waals surface area contributed by atoms with Crippen molar-refractivity contribution in [1.29, 1.82) is 0 Å². The van der Waals surface area contributed by atoms with Crippen LogP contribution in [0.1, 0.15) is 33.3 Å². The zero-order valence-electron chi connectivity index (χ0n) is 10.3. The Morgan fingerprint density at radius 2 is 1.94 bits per heavy atom. The Hall–Kier alpha value is -1.32. The van der Waals surface area contributed by atoms with Gasteiger partial charge in [0.2, 0.25) is 0 Å². The third-order valence-corrected chi connectivity index (χ3v) is 4.15. The molecule has 0 unspecified atom stereocenters. The molecule has 0 aliphatic rings. The molecule has 2 nitrogen and oxygen atoms in total. The molecular formula is C14H14ClNOS. The number of thiophene rings is 1. The summed E-state index contributed by atoms with van der Waals surface area (Å²) in [6, 6.07) is 6.90. The minimum absolute atomic E-state index is 0.0228. The van der Waals surface area contributed by atoms with Crippen molar-refractivity contribution >= 4 is 33.7 Å². The van der Waals surface area contributed by atoms with Gasteiger partial charge in [0.05, 0.1) is 10.6 Å². The Morgan fingerprint density at radius 3 is 2.50 bits per heavy atom. The van der Waals surface area contributed by atoms with E-state index in [1.165, 1.54) is 11.3 Å². The molecule has 94 valence electrons. The van der Waals surface area contributed by atoms with Gasteiger partial charge < -0.3 is 5.73 Å². The number of nitrogen functional groups attached to an aromatic ring is 1. The Morgan fingerprint density at radius 1 is 1.33 bits per heavy atom. The van der Waals surface area contributed by atoms with E-state index in [0.717, 1.165) is 16.9 Å². The first kappa shape index (κ1) is 13.1. The largest absolute Gasteiger partial charge is 0.390 e. The fourth-order valence-corrected chi connectivity index (χ4v) is 3.17. The minimum atomic E-state index is -0.0228. The van der Waals surface area contributed by atoms with Crippen molar-refractivity contribution in [2.24, 2.45) is 0 Å². The van der Waals surface area contributed by atoms with E-state index in [9.17, 15) is 4.79 Å². The fourth-order valence-electron chi connectivity index (χ4n) is 2.02. The fraction of sp³-hybridized carbons (Fsp3) is 0.214. The molecule has 1 aromatic heterocycles. The summed E-state index contributed by atoms with van der Waals surface area (Å²) in [5.41, 5.74) is 8.29. The van der Waals surface area contributed by atoms with Crippen LogP contribution < -0.4 is 5.73 Å². The second-order valence-corrected chi connectivity index (χ2v) is 5.76. The Balaban J connectivity index is 2.49. The van der Waals surface area contributed by atoms with Crippen molar-refractivity contribution < 1.29 is 4.79 Å². The van der Waals surface area contributed by atoms with Gasteiger partial charge in [-0.1, -0.05) is 18.5 Å². The maximum Gasteiger partial charge on any atom is 0.196 e. The number of halogens is 1. The van der Waals surface area contributed by atoms with Crippen LogP contribution in [0.2, 0.25) is 5.02 Å². The first-order valence-corrected chi connectivity index (χ1v) is 6.92. The van der Waals surface area contributed by atoms with E-state index in [2.05, 4.69) is 0 Å². The van der Waals surface area contributed by atoms with Crippen LogP contribution in [0.4, 0.5) is 5.00 Å². The van der Waals surface area contributed by atoms with Crippen LogP contribution in [0.15, 0.2) is 24.3 Å². The van der Waals surface area contributed by atoms with Gasteiger partial charge >= 0.3 is 0 Å². The van der Waals surface area contributed by atoms with Crippen molar-refractivity contribution in [1.82, 2.24) is 0 Å². The highest BCUT2D eigenvalue weighted by Gasteiger charge is 2.20. The van der Waals surface area contributed by atoms with Crippen LogP contribution in [0, 0.1) is 6.92 Å². The highest BCUT2D eigenvalue weighted by atomic mass is 35.5. The third-order valence-electron chi connectivity index (χ3n) is 2.92. The normalized spacial score (nSPS) is 10.6. The molecular weight excluding hydrogens is 266 g/mol. The van der Waals surface area contributed by atoms with Crippen molar-refractivity contribution in [2.45, 2.75) is 20.3 Å². The number of benzene rings is 1. The van der Waals surface area contributed by atoms with E-state index in [4.69, 9.17) is 17.3 Å². The second-order valence-electron chi connectivity index (χ2n) is 4.07. The predicted molar refractivity (Wildman–Crippen MR) is 77.7 cm³/mol. The van der Waals surface area contributed by atoms with E-state index in [-0.39, 0.29) is 5.78 Å². The molecule has 2 N–H and O–H groups in total. The molecule has 1 heterocycles. The van der Waals surface area contributed by atoms with Crippen molar-refractivity contribution in [3.8, 4) is 0 Å². The molecule has 0 bridgehead atoms. The quantitative estimate of drug-likeness (QED) is 0.860. The summed E-state index contributed by atoms with van der Waals surface area (Å²) in [6.45, 7) is 4.03. The van der Waals surface area contributed by atoms with Gasteiger partial charge in [0, 0.05) is 15.5 Å². The lowest BCUT2D eigenvalue weighted by molar-refractivity contribution is 0.103. The lowest BCUT2D eigenvalue weighted by Crippen LogP contribution is -2.05. The van der Waals surface area contributed by atoms with Crippen molar-refractivity contribution in [3.05, 3.63) is 50.9 Å². The van der Waals surface area contributed by atoms with Gasteiger partial charge in [0.15, 0.2) is 5.78 Å². The monoisotopic (exact) mass is 279 g/mol. The van der Waals surface area contributed by atoms with Gasteiger partial charge in [-0.25, -0.2) is 0 Å². The molecule has 0 aliphatic carbocycles. The lowest BCUT2D eigenvalue weighted by Gasteiger charge is -2.04. The van der Waals surface area contributed by atoms with Gasteiger partial charge in [-0.2, -0.15) is 0 Å². The molecule has 18 heavy (non-hydrogen) atoms. The van der Waals surface area contributed by atoms with Gasteiger partial charge in [0.1, 0.15) is 0 Å². The van der Waals surface area contributed by atoms with Crippen LogP contribution >= 0.6 is 22.9 Å². The summed E-state index contributed by atoms with van der Waals surface area (Å²) in [7, 11) is 0. The molecule has 0 amide bonds. The number of anilines is 1. The summed E-state index contributed by atoms with van der Waals surface area (Å²) in [5.74, 6) is -0.0228. The third kappa shape index (κ3) is 2.28. The average molecular weight is 280 g/mol. The number of aryl methyl sites for hydroxylation is 1. The smallest absolute Gasteiger partial charge is 0.196 e. The molecule has 2 rings (SSSR count). The molecule has 2 aromatic rings. The summed E-state index contributed by atoms with van der Waals surface area (Å²) in [4.78, 5) is 13.6. The molecule has 0 saturated heterocycles. The summed E-state index contributed by atoms with van der Waals surface area (Å²) in [6.07, 6.45) is 0.814. The number of hydrogen-bond donors (Lipinski definition) is 1. The van der Waals surface area contributed by atoms with Crippen LogP contribution in [0.5, 0.6) is 0 Å². The molecule has 1 aromatic carbocycles. The van der Waals surface area contributed by atoms with Gasteiger partial charge in [0.25, 0.3) is 0 Å². The molecule has 0 aliphatic heterocycles. The Labute approximate surface area is 115 Å². The zero-order chi connectivity index (χ0) is 13.3. The van der Waals surface area contributed by atoms with E-state index in [0.29, 0.717) is 21.2 Å². The number of rotatable bonds is 3. The van der Waals surface area contributed by atoms with E-state index in [1.54, 1.807) is 24.3 Å². The molecule has 0 saturated carbocycles. The minimum Gasteiger partial charge on any atom is -0.390 e. The van der Waals surface area contributed by atoms with Crippen molar-refractivity contribution in [3.63, 3.8) is 0 Å². The number of ketones is 1. The zero-order valence-corrected chi connectivity index (χ0v) is 11.9.